The highest BCUT2D eigenvalue weighted by Crippen LogP contribution is 2.25. The lowest BCUT2D eigenvalue weighted by atomic mass is 10.1. The van der Waals surface area contributed by atoms with E-state index in [0.717, 1.165) is 31.4 Å². The van der Waals surface area contributed by atoms with Crippen molar-refractivity contribution in [2.24, 2.45) is 0 Å². The minimum absolute atomic E-state index is 0.0418. The molecular weight excluding hydrogens is 380 g/mol. The molecule has 2 heterocycles. The summed E-state index contributed by atoms with van der Waals surface area (Å²) in [5.74, 6) is 0.0678. The predicted molar refractivity (Wildman–Crippen MR) is 116 cm³/mol. The number of aromatic amines is 1. The summed E-state index contributed by atoms with van der Waals surface area (Å²) in [6.45, 7) is 1.19. The number of hydrogen-bond acceptors (Lipinski definition) is 4. The van der Waals surface area contributed by atoms with Gasteiger partial charge in [-0.1, -0.05) is 42.5 Å². The molecule has 6 nitrogen and oxygen atoms in total. The van der Waals surface area contributed by atoms with Gasteiger partial charge in [0.15, 0.2) is 0 Å². The van der Waals surface area contributed by atoms with Crippen LogP contribution < -0.4 is 15.6 Å². The maximum atomic E-state index is 12.7. The summed E-state index contributed by atoms with van der Waals surface area (Å²) in [5, 5.41) is 2.79. The number of aromatic nitrogens is 1. The molecule has 6 heteroatoms. The van der Waals surface area contributed by atoms with Gasteiger partial charge < -0.3 is 19.8 Å². The van der Waals surface area contributed by atoms with Crippen molar-refractivity contribution in [3.05, 3.63) is 82.6 Å². The van der Waals surface area contributed by atoms with Crippen LogP contribution in [-0.4, -0.2) is 30.2 Å². The zero-order valence-electron chi connectivity index (χ0n) is 16.6. The van der Waals surface area contributed by atoms with Gasteiger partial charge in [0.1, 0.15) is 17.9 Å². The van der Waals surface area contributed by atoms with Crippen molar-refractivity contribution < 1.29 is 14.3 Å². The third-order valence-electron chi connectivity index (χ3n) is 5.07. The zero-order valence-corrected chi connectivity index (χ0v) is 16.6. The Bertz CT molecular complexity index is 1060. The highest BCUT2D eigenvalue weighted by Gasteiger charge is 2.17. The quantitative estimate of drug-likeness (QED) is 0.644. The molecule has 154 valence electrons. The average Bonchev–Trinajstić information content (AvgIpc) is 2.79. The number of carbonyl (C=O) groups excluding carboxylic acids is 1. The van der Waals surface area contributed by atoms with E-state index < -0.39 is 11.5 Å². The molecule has 1 aliphatic heterocycles. The number of amides is 1. The van der Waals surface area contributed by atoms with E-state index in [4.69, 9.17) is 9.47 Å². The topological polar surface area (TPSA) is 80.4 Å². The summed E-state index contributed by atoms with van der Waals surface area (Å²) < 4.78 is 11.6. The van der Waals surface area contributed by atoms with Crippen molar-refractivity contribution in [1.29, 1.82) is 0 Å². The van der Waals surface area contributed by atoms with Gasteiger partial charge in [0, 0.05) is 12.3 Å². The molecule has 1 aliphatic rings. The van der Waals surface area contributed by atoms with Gasteiger partial charge in [-0.15, -0.1) is 0 Å². The van der Waals surface area contributed by atoms with Gasteiger partial charge in [-0.25, -0.2) is 0 Å². The number of hydrogen-bond donors (Lipinski definition) is 2. The second-order valence-corrected chi connectivity index (χ2v) is 7.23. The molecular formula is C24H24N2O4. The average molecular weight is 404 g/mol. The van der Waals surface area contributed by atoms with Crippen molar-refractivity contribution in [2.75, 3.05) is 18.5 Å². The van der Waals surface area contributed by atoms with Gasteiger partial charge in [-0.05, 0) is 49.1 Å². The molecule has 0 radical (unpaired) electrons. The SMILES string of the molecule is O=C(Nc1ccccc1OC[C@H]1CCCCO1)c1ccc(-c2ccccc2)[nH]c1=O. The fourth-order valence-electron chi connectivity index (χ4n) is 3.45. The number of nitrogens with one attached hydrogen (secondary N) is 2. The molecule has 0 bridgehead atoms. The molecule has 0 spiro atoms. The van der Waals surface area contributed by atoms with Crippen LogP contribution in [0.4, 0.5) is 5.69 Å². The van der Waals surface area contributed by atoms with E-state index in [1.807, 2.05) is 42.5 Å². The Balaban J connectivity index is 1.47. The second-order valence-electron chi connectivity index (χ2n) is 7.23. The third-order valence-corrected chi connectivity index (χ3v) is 5.07. The molecule has 3 aromatic rings. The number of ether oxygens (including phenoxy) is 2. The summed E-state index contributed by atoms with van der Waals surface area (Å²) >= 11 is 0. The van der Waals surface area contributed by atoms with E-state index in [9.17, 15) is 9.59 Å². The van der Waals surface area contributed by atoms with Gasteiger partial charge in [0.25, 0.3) is 11.5 Å². The monoisotopic (exact) mass is 404 g/mol. The fraction of sp³-hybridized carbons (Fsp3) is 0.250. The van der Waals surface area contributed by atoms with Crippen LogP contribution in [0.1, 0.15) is 29.6 Å². The van der Waals surface area contributed by atoms with Crippen LogP contribution in [0.15, 0.2) is 71.5 Å². The Hall–Kier alpha value is -3.38. The van der Waals surface area contributed by atoms with E-state index in [1.54, 1.807) is 18.2 Å². The van der Waals surface area contributed by atoms with Crippen LogP contribution in [0.25, 0.3) is 11.3 Å². The van der Waals surface area contributed by atoms with Crippen molar-refractivity contribution in [3.8, 4) is 17.0 Å². The Morgan fingerprint density at radius 3 is 2.60 bits per heavy atom. The molecule has 1 saturated heterocycles. The number of rotatable bonds is 6. The highest BCUT2D eigenvalue weighted by molar-refractivity contribution is 6.04. The van der Waals surface area contributed by atoms with Crippen molar-refractivity contribution in [1.82, 2.24) is 4.98 Å². The Labute approximate surface area is 174 Å². The summed E-state index contributed by atoms with van der Waals surface area (Å²) in [5.41, 5.74) is 1.66. The van der Waals surface area contributed by atoms with Gasteiger partial charge >= 0.3 is 0 Å². The predicted octanol–water partition coefficient (Wildman–Crippen LogP) is 4.24. The highest BCUT2D eigenvalue weighted by atomic mass is 16.5. The van der Waals surface area contributed by atoms with Crippen molar-refractivity contribution in [3.63, 3.8) is 0 Å². The second kappa shape index (κ2) is 9.41. The van der Waals surface area contributed by atoms with Gasteiger partial charge in [0.2, 0.25) is 0 Å². The molecule has 0 saturated carbocycles. The fourth-order valence-corrected chi connectivity index (χ4v) is 3.45. The third kappa shape index (κ3) is 4.78. The molecule has 1 amide bonds. The lowest BCUT2D eigenvalue weighted by Crippen LogP contribution is -2.26. The van der Waals surface area contributed by atoms with E-state index in [-0.39, 0.29) is 11.7 Å². The molecule has 30 heavy (non-hydrogen) atoms. The lowest BCUT2D eigenvalue weighted by Gasteiger charge is -2.23. The number of H-pyrrole nitrogens is 1. The molecule has 4 rings (SSSR count). The van der Waals surface area contributed by atoms with Crippen LogP contribution in [-0.2, 0) is 4.74 Å². The van der Waals surface area contributed by atoms with E-state index in [0.29, 0.717) is 23.7 Å². The maximum absolute atomic E-state index is 12.7. The Morgan fingerprint density at radius 2 is 1.83 bits per heavy atom. The first-order valence-electron chi connectivity index (χ1n) is 10.1. The number of anilines is 1. The van der Waals surface area contributed by atoms with Crippen molar-refractivity contribution in [2.45, 2.75) is 25.4 Å². The number of pyridine rings is 1. The first-order valence-corrected chi connectivity index (χ1v) is 10.1. The van der Waals surface area contributed by atoms with Gasteiger partial charge in [-0.3, -0.25) is 9.59 Å². The first-order chi connectivity index (χ1) is 14.7. The largest absolute Gasteiger partial charge is 0.489 e. The summed E-state index contributed by atoms with van der Waals surface area (Å²) in [4.78, 5) is 28.0. The normalized spacial score (nSPS) is 16.1. The van der Waals surface area contributed by atoms with E-state index >= 15 is 0 Å². The first kappa shape index (κ1) is 19.9. The maximum Gasteiger partial charge on any atom is 0.261 e. The van der Waals surface area contributed by atoms with Crippen LogP contribution in [0.5, 0.6) is 5.75 Å². The Morgan fingerprint density at radius 1 is 1.03 bits per heavy atom. The molecule has 0 aliphatic carbocycles. The number of para-hydroxylation sites is 2. The minimum atomic E-state index is -0.485. The van der Waals surface area contributed by atoms with Crippen molar-refractivity contribution >= 4 is 11.6 Å². The summed E-state index contributed by atoms with van der Waals surface area (Å²) in [6.07, 6.45) is 3.25. The Kier molecular flexibility index (Phi) is 6.25. The van der Waals surface area contributed by atoms with Crippen LogP contribution >= 0.6 is 0 Å². The molecule has 1 aromatic heterocycles. The van der Waals surface area contributed by atoms with Gasteiger partial charge in [-0.2, -0.15) is 0 Å². The molecule has 2 aromatic carbocycles. The van der Waals surface area contributed by atoms with E-state index in [2.05, 4.69) is 10.3 Å². The van der Waals surface area contributed by atoms with E-state index in [1.165, 1.54) is 6.07 Å². The summed E-state index contributed by atoms with van der Waals surface area (Å²) in [6, 6.07) is 19.9. The summed E-state index contributed by atoms with van der Waals surface area (Å²) in [7, 11) is 0. The lowest BCUT2D eigenvalue weighted by molar-refractivity contribution is -0.0109. The zero-order chi connectivity index (χ0) is 20.8. The molecule has 1 fully saturated rings. The minimum Gasteiger partial charge on any atom is -0.489 e. The number of carbonyl (C=O) groups is 1. The standard InChI is InChI=1S/C24H24N2O4/c27-23-19(13-14-20(25-23)17-8-2-1-3-9-17)24(28)26-21-11-4-5-12-22(21)30-16-18-10-6-7-15-29-18/h1-5,8-9,11-14,18H,6-7,10,15-16H2,(H,25,27)(H,26,28)/t18-/m1/s1. The molecule has 2 N–H and O–H groups in total. The molecule has 0 unspecified atom stereocenters. The molecule has 1 atom stereocenters. The smallest absolute Gasteiger partial charge is 0.261 e. The number of benzene rings is 2. The van der Waals surface area contributed by atoms with Crippen LogP contribution in [0, 0.1) is 0 Å². The van der Waals surface area contributed by atoms with Gasteiger partial charge in [0.05, 0.1) is 11.8 Å². The van der Waals surface area contributed by atoms with Crippen LogP contribution in [0.3, 0.4) is 0 Å². The van der Waals surface area contributed by atoms with Crippen LogP contribution in [0.2, 0.25) is 0 Å².